The minimum atomic E-state index is -0.0685. The smallest absolute Gasteiger partial charge is 0.251 e. The van der Waals surface area contributed by atoms with Crippen LogP contribution in [0.15, 0.2) is 66.7 Å². The van der Waals surface area contributed by atoms with Gasteiger partial charge in [-0.3, -0.25) is 4.79 Å². The molecule has 0 saturated heterocycles. The molecule has 0 fully saturated rings. The molecule has 0 aliphatic carbocycles. The lowest BCUT2D eigenvalue weighted by Crippen LogP contribution is -2.27. The number of phenolic OH excluding ortho intramolecular Hbond substituents is 1. The summed E-state index contributed by atoms with van der Waals surface area (Å²) in [6, 6.07) is 20.0. The van der Waals surface area contributed by atoms with Gasteiger partial charge in [0.05, 0.1) is 5.69 Å². The second kappa shape index (κ2) is 11.5. The molecule has 0 aliphatic heterocycles. The Hall–Kier alpha value is -3.91. The van der Waals surface area contributed by atoms with Gasteiger partial charge in [0.15, 0.2) is 5.65 Å². The van der Waals surface area contributed by atoms with Crippen LogP contribution in [0.2, 0.25) is 0 Å². The largest absolute Gasteiger partial charge is 0.508 e. The Balaban J connectivity index is 1.36. The van der Waals surface area contributed by atoms with E-state index in [0.29, 0.717) is 23.7 Å². The lowest BCUT2D eigenvalue weighted by molar-refractivity contribution is 0.0952. The SMILES string of the molecule is CCN(CC)CCCCNC(=O)c1ccc(Nc2nc3cccc(-c4cccc(O)c4)n3n2)cc1. The zero-order chi connectivity index (χ0) is 24.6. The highest BCUT2D eigenvalue weighted by atomic mass is 16.3. The van der Waals surface area contributed by atoms with Gasteiger partial charge in [0.1, 0.15) is 5.75 Å². The summed E-state index contributed by atoms with van der Waals surface area (Å²) in [6.45, 7) is 8.20. The molecule has 2 aromatic heterocycles. The number of phenols is 1. The number of aromatic hydroxyl groups is 1. The highest BCUT2D eigenvalue weighted by molar-refractivity contribution is 5.94. The van der Waals surface area contributed by atoms with Gasteiger partial charge in [0, 0.05) is 23.4 Å². The maximum atomic E-state index is 12.4. The van der Waals surface area contributed by atoms with Crippen molar-refractivity contribution in [2.24, 2.45) is 0 Å². The summed E-state index contributed by atoms with van der Waals surface area (Å²) in [4.78, 5) is 19.4. The van der Waals surface area contributed by atoms with E-state index in [2.05, 4.69) is 39.5 Å². The van der Waals surface area contributed by atoms with Crippen molar-refractivity contribution < 1.29 is 9.90 Å². The molecule has 4 aromatic rings. The number of hydrogen-bond donors (Lipinski definition) is 3. The number of nitrogens with zero attached hydrogens (tertiary/aromatic N) is 4. The van der Waals surface area contributed by atoms with Gasteiger partial charge >= 0.3 is 0 Å². The van der Waals surface area contributed by atoms with E-state index in [9.17, 15) is 9.90 Å². The second-order valence-electron chi connectivity index (χ2n) is 8.36. The van der Waals surface area contributed by atoms with E-state index in [1.54, 1.807) is 34.8 Å². The maximum Gasteiger partial charge on any atom is 0.251 e. The topological polar surface area (TPSA) is 94.8 Å². The number of aromatic nitrogens is 3. The van der Waals surface area contributed by atoms with Gasteiger partial charge in [-0.05, 0) is 81.0 Å². The molecular weight excluding hydrogens is 440 g/mol. The second-order valence-corrected chi connectivity index (χ2v) is 8.36. The molecule has 0 spiro atoms. The fourth-order valence-corrected chi connectivity index (χ4v) is 3.98. The van der Waals surface area contributed by atoms with E-state index in [4.69, 9.17) is 0 Å². The van der Waals surface area contributed by atoms with Crippen LogP contribution in [-0.4, -0.2) is 56.7 Å². The number of rotatable bonds is 11. The number of pyridine rings is 1. The third-order valence-corrected chi connectivity index (χ3v) is 5.99. The summed E-state index contributed by atoms with van der Waals surface area (Å²) >= 11 is 0. The number of nitrogens with one attached hydrogen (secondary N) is 2. The van der Waals surface area contributed by atoms with Gasteiger partial charge in [0.2, 0.25) is 5.95 Å². The number of anilines is 2. The first kappa shape index (κ1) is 24.2. The quantitative estimate of drug-likeness (QED) is 0.274. The standard InChI is InChI=1S/C27H32N6O2/c1-3-32(4-2)18-6-5-17-28-26(35)20-13-15-22(16-14-20)29-27-30-25-12-8-11-24(33(25)31-27)21-9-7-10-23(34)19-21/h7-16,19,34H,3-6,17-18H2,1-2H3,(H,28,35)(H,29,31). The predicted octanol–water partition coefficient (Wildman–Crippen LogP) is 4.70. The Kier molecular flexibility index (Phi) is 7.95. The van der Waals surface area contributed by atoms with Crippen molar-refractivity contribution in [3.05, 3.63) is 72.3 Å². The summed E-state index contributed by atoms with van der Waals surface area (Å²) in [7, 11) is 0. The molecule has 0 bridgehead atoms. The molecule has 35 heavy (non-hydrogen) atoms. The number of fused-ring (bicyclic) bond motifs is 1. The summed E-state index contributed by atoms with van der Waals surface area (Å²) in [5.41, 5.74) is 3.76. The molecule has 0 unspecified atom stereocenters. The Morgan fingerprint density at radius 2 is 1.77 bits per heavy atom. The number of benzene rings is 2. The van der Waals surface area contributed by atoms with E-state index >= 15 is 0 Å². The van der Waals surface area contributed by atoms with Crippen molar-refractivity contribution in [3.8, 4) is 17.0 Å². The summed E-state index contributed by atoms with van der Waals surface area (Å²) in [5.74, 6) is 0.575. The van der Waals surface area contributed by atoms with Crippen LogP contribution in [0.25, 0.3) is 16.9 Å². The molecule has 0 aliphatic rings. The molecule has 0 radical (unpaired) electrons. The number of hydrogen-bond acceptors (Lipinski definition) is 6. The average molecular weight is 473 g/mol. The number of carbonyl (C=O) groups is 1. The van der Waals surface area contributed by atoms with E-state index in [-0.39, 0.29) is 11.7 Å². The normalized spacial score (nSPS) is 11.2. The molecule has 8 heteroatoms. The van der Waals surface area contributed by atoms with Crippen LogP contribution in [0.3, 0.4) is 0 Å². The van der Waals surface area contributed by atoms with Gasteiger partial charge in [-0.15, -0.1) is 5.10 Å². The molecule has 0 saturated carbocycles. The lowest BCUT2D eigenvalue weighted by atomic mass is 10.1. The van der Waals surface area contributed by atoms with Crippen LogP contribution in [0, 0.1) is 0 Å². The number of carbonyl (C=O) groups excluding carboxylic acids is 1. The van der Waals surface area contributed by atoms with Crippen LogP contribution in [0.1, 0.15) is 37.0 Å². The Labute approximate surface area is 205 Å². The van der Waals surface area contributed by atoms with Gasteiger partial charge in [-0.1, -0.05) is 32.0 Å². The van der Waals surface area contributed by atoms with Crippen molar-refractivity contribution in [1.29, 1.82) is 0 Å². The molecule has 2 aromatic carbocycles. The molecule has 3 N–H and O–H groups in total. The van der Waals surface area contributed by atoms with Gasteiger partial charge < -0.3 is 20.6 Å². The minimum absolute atomic E-state index is 0.0685. The van der Waals surface area contributed by atoms with E-state index in [0.717, 1.165) is 49.4 Å². The van der Waals surface area contributed by atoms with E-state index in [1.165, 1.54) is 0 Å². The molecule has 2 heterocycles. The number of unbranched alkanes of at least 4 members (excludes halogenated alkanes) is 1. The molecule has 182 valence electrons. The Morgan fingerprint density at radius 1 is 1.00 bits per heavy atom. The van der Waals surface area contributed by atoms with Crippen molar-refractivity contribution in [2.75, 3.05) is 31.5 Å². The Bertz CT molecular complexity index is 1260. The summed E-state index contributed by atoms with van der Waals surface area (Å²) in [5, 5.41) is 20.6. The van der Waals surface area contributed by atoms with E-state index in [1.807, 2.05) is 36.4 Å². The number of amides is 1. The monoisotopic (exact) mass is 472 g/mol. The molecule has 8 nitrogen and oxygen atoms in total. The van der Waals surface area contributed by atoms with Crippen LogP contribution >= 0.6 is 0 Å². The first-order valence-corrected chi connectivity index (χ1v) is 12.1. The first-order chi connectivity index (χ1) is 17.1. The lowest BCUT2D eigenvalue weighted by Gasteiger charge is -2.17. The zero-order valence-electron chi connectivity index (χ0n) is 20.2. The highest BCUT2D eigenvalue weighted by Crippen LogP contribution is 2.24. The fourth-order valence-electron chi connectivity index (χ4n) is 3.98. The van der Waals surface area contributed by atoms with E-state index < -0.39 is 0 Å². The van der Waals surface area contributed by atoms with Crippen LogP contribution in [-0.2, 0) is 0 Å². The summed E-state index contributed by atoms with van der Waals surface area (Å²) < 4.78 is 1.74. The van der Waals surface area contributed by atoms with Gasteiger partial charge in [-0.25, -0.2) is 4.52 Å². The molecule has 0 atom stereocenters. The average Bonchev–Trinajstić information content (AvgIpc) is 3.29. The fraction of sp³-hybridized carbons (Fsp3) is 0.296. The van der Waals surface area contributed by atoms with Crippen molar-refractivity contribution >= 4 is 23.2 Å². The van der Waals surface area contributed by atoms with Crippen molar-refractivity contribution in [2.45, 2.75) is 26.7 Å². The molecular formula is C27H32N6O2. The van der Waals surface area contributed by atoms with Gasteiger partial charge in [0.25, 0.3) is 5.91 Å². The minimum Gasteiger partial charge on any atom is -0.508 e. The van der Waals surface area contributed by atoms with Crippen LogP contribution < -0.4 is 10.6 Å². The third kappa shape index (κ3) is 6.16. The third-order valence-electron chi connectivity index (χ3n) is 5.99. The molecule has 1 amide bonds. The summed E-state index contributed by atoms with van der Waals surface area (Å²) in [6.07, 6.45) is 2.04. The highest BCUT2D eigenvalue weighted by Gasteiger charge is 2.10. The maximum absolute atomic E-state index is 12.4. The van der Waals surface area contributed by atoms with Gasteiger partial charge in [-0.2, -0.15) is 4.98 Å². The predicted molar refractivity (Wildman–Crippen MR) is 139 cm³/mol. The van der Waals surface area contributed by atoms with Crippen molar-refractivity contribution in [1.82, 2.24) is 24.8 Å². The van der Waals surface area contributed by atoms with Crippen LogP contribution in [0.4, 0.5) is 11.6 Å². The zero-order valence-corrected chi connectivity index (χ0v) is 20.2. The first-order valence-electron chi connectivity index (χ1n) is 12.1. The Morgan fingerprint density at radius 3 is 2.51 bits per heavy atom. The van der Waals surface area contributed by atoms with Crippen molar-refractivity contribution in [3.63, 3.8) is 0 Å². The van der Waals surface area contributed by atoms with Crippen LogP contribution in [0.5, 0.6) is 5.75 Å². The molecule has 4 rings (SSSR count).